The van der Waals surface area contributed by atoms with Crippen molar-refractivity contribution in [1.82, 2.24) is 0 Å². The highest BCUT2D eigenvalue weighted by molar-refractivity contribution is 5.39. The number of aromatic hydroxyl groups is 1. The van der Waals surface area contributed by atoms with Gasteiger partial charge in [-0.2, -0.15) is 0 Å². The van der Waals surface area contributed by atoms with Crippen LogP contribution in [0.15, 0.2) is 42.5 Å². The van der Waals surface area contributed by atoms with Gasteiger partial charge < -0.3 is 5.11 Å². The quantitative estimate of drug-likeness (QED) is 0.759. The second kappa shape index (κ2) is 7.00. The predicted molar refractivity (Wildman–Crippen MR) is 94.7 cm³/mol. The Balaban J connectivity index is 2.13. The zero-order valence-electron chi connectivity index (χ0n) is 14.3. The smallest absolute Gasteiger partial charge is 0.118 e. The van der Waals surface area contributed by atoms with Gasteiger partial charge in [-0.25, -0.2) is 0 Å². The molecule has 2 aromatic rings. The van der Waals surface area contributed by atoms with Gasteiger partial charge in [0.25, 0.3) is 0 Å². The van der Waals surface area contributed by atoms with E-state index in [9.17, 15) is 5.11 Å². The molecule has 0 saturated carbocycles. The van der Waals surface area contributed by atoms with Crippen molar-refractivity contribution < 1.29 is 5.11 Å². The first kappa shape index (κ1) is 16.6. The summed E-state index contributed by atoms with van der Waals surface area (Å²) in [5.74, 6) is 0.431. The second-order valence-electron chi connectivity index (χ2n) is 7.19. The molecule has 0 heterocycles. The van der Waals surface area contributed by atoms with Gasteiger partial charge in [-0.15, -0.1) is 0 Å². The number of unbranched alkanes of at least 4 members (excludes halogenated alkanes) is 1. The summed E-state index contributed by atoms with van der Waals surface area (Å²) in [6, 6.07) is 14.9. The van der Waals surface area contributed by atoms with E-state index in [1.54, 1.807) is 0 Å². The number of hydrogen-bond donors (Lipinski definition) is 1. The zero-order chi connectivity index (χ0) is 16.2. The van der Waals surface area contributed by atoms with Crippen LogP contribution in [0.1, 0.15) is 62.8 Å². The normalized spacial score (nSPS) is 11.6. The molecular weight excluding hydrogens is 268 g/mol. The van der Waals surface area contributed by atoms with Gasteiger partial charge in [-0.1, -0.05) is 70.5 Å². The molecule has 22 heavy (non-hydrogen) atoms. The van der Waals surface area contributed by atoms with E-state index < -0.39 is 0 Å². The van der Waals surface area contributed by atoms with Crippen molar-refractivity contribution >= 4 is 0 Å². The lowest BCUT2D eigenvalue weighted by Crippen LogP contribution is -2.10. The Morgan fingerprint density at radius 1 is 0.909 bits per heavy atom. The van der Waals surface area contributed by atoms with Crippen molar-refractivity contribution in [2.24, 2.45) is 0 Å². The Morgan fingerprint density at radius 3 is 2.14 bits per heavy atom. The lowest BCUT2D eigenvalue weighted by Gasteiger charge is -2.19. The van der Waals surface area contributed by atoms with Crippen molar-refractivity contribution in [1.29, 1.82) is 0 Å². The van der Waals surface area contributed by atoms with E-state index in [1.807, 2.05) is 12.1 Å². The fourth-order valence-corrected chi connectivity index (χ4v) is 2.67. The monoisotopic (exact) mass is 296 g/mol. The van der Waals surface area contributed by atoms with Crippen LogP contribution in [-0.4, -0.2) is 5.11 Å². The topological polar surface area (TPSA) is 20.2 Å². The summed E-state index contributed by atoms with van der Waals surface area (Å²) in [5, 5.41) is 9.95. The van der Waals surface area contributed by atoms with Gasteiger partial charge in [0.1, 0.15) is 5.75 Å². The van der Waals surface area contributed by atoms with Crippen LogP contribution in [0.25, 0.3) is 0 Å². The molecule has 1 nitrogen and oxygen atoms in total. The molecule has 0 bridgehead atoms. The summed E-state index contributed by atoms with van der Waals surface area (Å²) in [6.45, 7) is 8.89. The maximum atomic E-state index is 9.95. The fraction of sp³-hybridized carbons (Fsp3) is 0.429. The summed E-state index contributed by atoms with van der Waals surface area (Å²) >= 11 is 0. The minimum Gasteiger partial charge on any atom is -0.508 e. The fourth-order valence-electron chi connectivity index (χ4n) is 2.67. The van der Waals surface area contributed by atoms with E-state index >= 15 is 0 Å². The molecule has 0 spiro atoms. The number of aryl methyl sites for hydroxylation is 1. The number of rotatable bonds is 5. The van der Waals surface area contributed by atoms with Crippen LogP contribution in [0.5, 0.6) is 5.75 Å². The van der Waals surface area contributed by atoms with Crippen molar-refractivity contribution in [3.05, 3.63) is 64.7 Å². The Hall–Kier alpha value is -1.76. The number of phenolic OH excluding ortho intramolecular Hbond substituents is 1. The molecule has 0 unspecified atom stereocenters. The highest BCUT2D eigenvalue weighted by atomic mass is 16.3. The van der Waals surface area contributed by atoms with Gasteiger partial charge in [-0.05, 0) is 53.0 Å². The number of benzene rings is 2. The van der Waals surface area contributed by atoms with Crippen LogP contribution in [0.2, 0.25) is 0 Å². The third-order valence-electron chi connectivity index (χ3n) is 4.17. The molecule has 2 rings (SSSR count). The average Bonchev–Trinajstić information content (AvgIpc) is 2.47. The number of hydrogen-bond acceptors (Lipinski definition) is 1. The Morgan fingerprint density at radius 2 is 1.55 bits per heavy atom. The zero-order valence-corrected chi connectivity index (χ0v) is 14.3. The van der Waals surface area contributed by atoms with Crippen LogP contribution in [-0.2, 0) is 18.3 Å². The van der Waals surface area contributed by atoms with E-state index in [1.165, 1.54) is 16.7 Å². The first-order chi connectivity index (χ1) is 10.4. The Labute approximate surface area is 135 Å². The van der Waals surface area contributed by atoms with Crippen molar-refractivity contribution in [3.63, 3.8) is 0 Å². The SMILES string of the molecule is CCCCc1cc(Cc2ccc(C(C)(C)C)cc2)ccc1O. The standard InChI is InChI=1S/C21H28O/c1-5-6-7-18-15-17(10-13-20(18)22)14-16-8-11-19(12-9-16)21(2,3)4/h8-13,15,22H,5-7,14H2,1-4H3. The lowest BCUT2D eigenvalue weighted by atomic mass is 9.86. The first-order valence-corrected chi connectivity index (χ1v) is 8.30. The molecule has 0 aliphatic carbocycles. The summed E-state index contributed by atoms with van der Waals surface area (Å²) in [4.78, 5) is 0. The molecule has 118 valence electrons. The van der Waals surface area contributed by atoms with Crippen LogP contribution >= 0.6 is 0 Å². The van der Waals surface area contributed by atoms with E-state index in [4.69, 9.17) is 0 Å². The van der Waals surface area contributed by atoms with E-state index in [0.717, 1.165) is 31.2 Å². The van der Waals surface area contributed by atoms with E-state index in [0.29, 0.717) is 5.75 Å². The largest absolute Gasteiger partial charge is 0.508 e. The van der Waals surface area contributed by atoms with Crippen LogP contribution in [0.3, 0.4) is 0 Å². The van der Waals surface area contributed by atoms with E-state index in [2.05, 4.69) is 58.0 Å². The van der Waals surface area contributed by atoms with Gasteiger partial charge in [-0.3, -0.25) is 0 Å². The molecule has 2 aromatic carbocycles. The van der Waals surface area contributed by atoms with Gasteiger partial charge in [0.05, 0.1) is 0 Å². The number of phenols is 1. The van der Waals surface area contributed by atoms with Gasteiger partial charge in [0, 0.05) is 0 Å². The highest BCUT2D eigenvalue weighted by Gasteiger charge is 2.13. The maximum absolute atomic E-state index is 9.95. The van der Waals surface area contributed by atoms with Crippen LogP contribution < -0.4 is 0 Å². The molecule has 0 atom stereocenters. The van der Waals surface area contributed by atoms with Crippen molar-refractivity contribution in [3.8, 4) is 5.75 Å². The molecule has 1 heteroatoms. The molecule has 0 saturated heterocycles. The molecule has 0 amide bonds. The molecule has 0 aliphatic rings. The lowest BCUT2D eigenvalue weighted by molar-refractivity contribution is 0.466. The molecule has 0 fully saturated rings. The van der Waals surface area contributed by atoms with E-state index in [-0.39, 0.29) is 5.41 Å². The average molecular weight is 296 g/mol. The highest BCUT2D eigenvalue weighted by Crippen LogP contribution is 2.25. The van der Waals surface area contributed by atoms with Crippen molar-refractivity contribution in [2.75, 3.05) is 0 Å². The molecule has 1 N–H and O–H groups in total. The maximum Gasteiger partial charge on any atom is 0.118 e. The summed E-state index contributed by atoms with van der Waals surface area (Å²) < 4.78 is 0. The summed E-state index contributed by atoms with van der Waals surface area (Å²) in [6.07, 6.45) is 4.15. The molecule has 0 radical (unpaired) electrons. The van der Waals surface area contributed by atoms with Crippen LogP contribution in [0, 0.1) is 0 Å². The van der Waals surface area contributed by atoms with Crippen LogP contribution in [0.4, 0.5) is 0 Å². The predicted octanol–water partition coefficient (Wildman–Crippen LogP) is 5.62. The molecular formula is C21H28O. The first-order valence-electron chi connectivity index (χ1n) is 8.30. The molecule has 0 aliphatic heterocycles. The second-order valence-corrected chi connectivity index (χ2v) is 7.19. The van der Waals surface area contributed by atoms with Gasteiger partial charge >= 0.3 is 0 Å². The third-order valence-corrected chi connectivity index (χ3v) is 4.17. The Kier molecular flexibility index (Phi) is 5.28. The van der Waals surface area contributed by atoms with Crippen molar-refractivity contribution in [2.45, 2.75) is 58.8 Å². The third kappa shape index (κ3) is 4.37. The molecule has 0 aromatic heterocycles. The minimum atomic E-state index is 0.199. The summed E-state index contributed by atoms with van der Waals surface area (Å²) in [5.41, 5.74) is 5.23. The van der Waals surface area contributed by atoms with Gasteiger partial charge in [0.2, 0.25) is 0 Å². The summed E-state index contributed by atoms with van der Waals surface area (Å²) in [7, 11) is 0. The Bertz CT molecular complexity index is 603. The minimum absolute atomic E-state index is 0.199. The van der Waals surface area contributed by atoms with Gasteiger partial charge in [0.15, 0.2) is 0 Å².